The Bertz CT molecular complexity index is 547. The first kappa shape index (κ1) is 15.8. The van der Waals surface area contributed by atoms with Crippen LogP contribution in [0.5, 0.6) is 0 Å². The summed E-state index contributed by atoms with van der Waals surface area (Å²) in [5.41, 5.74) is 0.739. The lowest BCUT2D eigenvalue weighted by Gasteiger charge is -2.37. The van der Waals surface area contributed by atoms with E-state index in [0.29, 0.717) is 13.1 Å². The number of amides is 2. The van der Waals surface area contributed by atoms with Gasteiger partial charge in [-0.15, -0.1) is 11.3 Å². The Kier molecular flexibility index (Phi) is 4.27. The smallest absolute Gasteiger partial charge is 0.331 e. The second kappa shape index (κ2) is 5.67. The van der Waals surface area contributed by atoms with Gasteiger partial charge in [-0.1, -0.05) is 20.8 Å². The van der Waals surface area contributed by atoms with E-state index in [2.05, 4.69) is 20.8 Å². The highest BCUT2D eigenvalue weighted by molar-refractivity contribution is 7.10. The number of carboxylic acids is 1. The van der Waals surface area contributed by atoms with E-state index >= 15 is 0 Å². The van der Waals surface area contributed by atoms with E-state index in [1.165, 1.54) is 4.90 Å². The second-order valence-corrected chi connectivity index (χ2v) is 7.68. The van der Waals surface area contributed by atoms with Crippen LogP contribution in [0.2, 0.25) is 0 Å². The van der Waals surface area contributed by atoms with Gasteiger partial charge in [0.25, 0.3) is 0 Å². The fourth-order valence-electron chi connectivity index (χ4n) is 2.79. The molecule has 1 N–H and O–H groups in total. The van der Waals surface area contributed by atoms with Gasteiger partial charge in [-0.05, 0) is 28.8 Å². The van der Waals surface area contributed by atoms with E-state index < -0.39 is 12.0 Å². The minimum atomic E-state index is -0.966. The quantitative estimate of drug-likeness (QED) is 0.913. The first-order chi connectivity index (χ1) is 9.70. The Morgan fingerprint density at radius 2 is 2.14 bits per heavy atom. The van der Waals surface area contributed by atoms with Gasteiger partial charge >= 0.3 is 12.0 Å². The summed E-state index contributed by atoms with van der Waals surface area (Å²) in [5.74, 6) is -0.966. The van der Waals surface area contributed by atoms with Crippen LogP contribution in [0, 0.1) is 5.41 Å². The topological polar surface area (TPSA) is 60.9 Å². The molecule has 0 radical (unpaired) electrons. The molecule has 0 bridgehead atoms. The second-order valence-electron chi connectivity index (χ2n) is 6.68. The Labute approximate surface area is 129 Å². The zero-order chi connectivity index (χ0) is 15.8. The van der Waals surface area contributed by atoms with Crippen LogP contribution in [0.25, 0.3) is 0 Å². The lowest BCUT2D eigenvalue weighted by atomic mass is 9.96. The molecule has 1 aromatic rings. The molecule has 1 aromatic heterocycles. The fourth-order valence-corrected chi connectivity index (χ4v) is 3.69. The number of fused-ring (bicyclic) bond motifs is 1. The monoisotopic (exact) mass is 310 g/mol. The summed E-state index contributed by atoms with van der Waals surface area (Å²) in [4.78, 5) is 28.4. The summed E-state index contributed by atoms with van der Waals surface area (Å²) < 4.78 is 0. The number of hydrogen-bond acceptors (Lipinski definition) is 3. The van der Waals surface area contributed by atoms with E-state index in [4.69, 9.17) is 0 Å². The lowest BCUT2D eigenvalue weighted by Crippen LogP contribution is -2.49. The molecule has 0 spiro atoms. The van der Waals surface area contributed by atoms with E-state index in [1.807, 2.05) is 11.4 Å². The molecular formula is C15H22N2O3S. The summed E-state index contributed by atoms with van der Waals surface area (Å²) >= 11 is 1.56. The summed E-state index contributed by atoms with van der Waals surface area (Å²) in [6, 6.07) is 0.742. The van der Waals surface area contributed by atoms with Crippen molar-refractivity contribution in [1.29, 1.82) is 0 Å². The van der Waals surface area contributed by atoms with Crippen LogP contribution in [0.3, 0.4) is 0 Å². The molecule has 21 heavy (non-hydrogen) atoms. The van der Waals surface area contributed by atoms with E-state index in [1.54, 1.807) is 23.3 Å². The molecule has 2 heterocycles. The van der Waals surface area contributed by atoms with Gasteiger partial charge in [0.15, 0.2) is 6.04 Å². The average molecular weight is 310 g/mol. The Morgan fingerprint density at radius 1 is 1.48 bits per heavy atom. The maximum atomic E-state index is 12.6. The van der Waals surface area contributed by atoms with Crippen molar-refractivity contribution in [2.24, 2.45) is 5.41 Å². The summed E-state index contributed by atoms with van der Waals surface area (Å²) in [5, 5.41) is 11.4. The summed E-state index contributed by atoms with van der Waals surface area (Å²) in [7, 11) is 1.73. The average Bonchev–Trinajstić information content (AvgIpc) is 2.82. The number of nitrogens with zero attached hydrogens (tertiary/aromatic N) is 2. The minimum absolute atomic E-state index is 0.0214. The predicted molar refractivity (Wildman–Crippen MR) is 82.6 cm³/mol. The summed E-state index contributed by atoms with van der Waals surface area (Å²) in [6.45, 7) is 7.21. The molecule has 1 aliphatic rings. The highest BCUT2D eigenvalue weighted by Crippen LogP contribution is 2.34. The molecule has 5 nitrogen and oxygen atoms in total. The zero-order valence-electron chi connectivity index (χ0n) is 12.9. The third kappa shape index (κ3) is 3.37. The molecule has 2 rings (SSSR count). The van der Waals surface area contributed by atoms with Crippen LogP contribution in [-0.2, 0) is 11.2 Å². The van der Waals surface area contributed by atoms with Crippen LogP contribution in [0.1, 0.15) is 37.3 Å². The Balaban J connectivity index is 2.23. The van der Waals surface area contributed by atoms with Gasteiger partial charge < -0.3 is 14.9 Å². The summed E-state index contributed by atoms with van der Waals surface area (Å²) in [6.07, 6.45) is 0.728. The molecule has 0 saturated heterocycles. The van der Waals surface area contributed by atoms with Crippen molar-refractivity contribution >= 4 is 23.3 Å². The van der Waals surface area contributed by atoms with Crippen molar-refractivity contribution in [2.45, 2.75) is 33.2 Å². The van der Waals surface area contributed by atoms with Gasteiger partial charge in [0, 0.05) is 25.0 Å². The standard InChI is InChI=1S/C15H22N2O3S/c1-15(2,3)9-16(4)14(20)17-7-5-11-10(6-8-21-11)12(17)13(18)19/h6,8,12H,5,7,9H2,1-4H3,(H,18,19). The third-order valence-corrected chi connectivity index (χ3v) is 4.48. The number of hydrogen-bond donors (Lipinski definition) is 1. The number of carboxylic acid groups (broad SMARTS) is 1. The Hall–Kier alpha value is -1.56. The van der Waals surface area contributed by atoms with Crippen LogP contribution in [-0.4, -0.2) is 47.0 Å². The fraction of sp³-hybridized carbons (Fsp3) is 0.600. The van der Waals surface area contributed by atoms with Gasteiger partial charge in [-0.2, -0.15) is 0 Å². The van der Waals surface area contributed by atoms with Gasteiger partial charge in [0.2, 0.25) is 0 Å². The predicted octanol–water partition coefficient (Wildman–Crippen LogP) is 2.83. The molecule has 2 amide bonds. The van der Waals surface area contributed by atoms with Crippen LogP contribution in [0.15, 0.2) is 11.4 Å². The molecule has 0 aliphatic carbocycles. The molecule has 1 aliphatic heterocycles. The number of rotatable bonds is 2. The molecule has 0 aromatic carbocycles. The molecule has 1 atom stereocenters. The number of aliphatic carboxylic acids is 1. The molecular weight excluding hydrogens is 288 g/mol. The van der Waals surface area contributed by atoms with Crippen molar-refractivity contribution in [3.8, 4) is 0 Å². The van der Waals surface area contributed by atoms with E-state index in [-0.39, 0.29) is 11.4 Å². The van der Waals surface area contributed by atoms with Crippen LogP contribution < -0.4 is 0 Å². The molecule has 0 fully saturated rings. The maximum absolute atomic E-state index is 12.6. The molecule has 116 valence electrons. The number of urea groups is 1. The van der Waals surface area contributed by atoms with Gasteiger partial charge in [-0.25, -0.2) is 9.59 Å². The number of carbonyl (C=O) groups is 2. The van der Waals surface area contributed by atoms with Crippen molar-refractivity contribution < 1.29 is 14.7 Å². The SMILES string of the molecule is CN(CC(C)(C)C)C(=O)N1CCc2sccc2C1C(=O)O. The number of carbonyl (C=O) groups excluding carboxylic acids is 1. The van der Waals surface area contributed by atoms with Crippen LogP contribution in [0.4, 0.5) is 4.79 Å². The Morgan fingerprint density at radius 3 is 2.71 bits per heavy atom. The van der Waals surface area contributed by atoms with Gasteiger partial charge in [0.1, 0.15) is 0 Å². The highest BCUT2D eigenvalue weighted by atomic mass is 32.1. The third-order valence-electron chi connectivity index (χ3n) is 3.48. The first-order valence-corrected chi connectivity index (χ1v) is 7.89. The van der Waals surface area contributed by atoms with E-state index in [0.717, 1.165) is 16.9 Å². The van der Waals surface area contributed by atoms with Crippen molar-refractivity contribution in [1.82, 2.24) is 9.80 Å². The van der Waals surface area contributed by atoms with Crippen LogP contribution >= 0.6 is 11.3 Å². The largest absolute Gasteiger partial charge is 0.479 e. The minimum Gasteiger partial charge on any atom is -0.479 e. The molecule has 1 unspecified atom stereocenters. The van der Waals surface area contributed by atoms with Gasteiger partial charge in [-0.3, -0.25) is 0 Å². The van der Waals surface area contributed by atoms with Crippen molar-refractivity contribution in [2.75, 3.05) is 20.1 Å². The van der Waals surface area contributed by atoms with Crippen molar-refractivity contribution in [3.05, 3.63) is 21.9 Å². The number of thiophene rings is 1. The molecule has 6 heteroatoms. The van der Waals surface area contributed by atoms with E-state index in [9.17, 15) is 14.7 Å². The first-order valence-electron chi connectivity index (χ1n) is 7.01. The van der Waals surface area contributed by atoms with Gasteiger partial charge in [0.05, 0.1) is 0 Å². The normalized spacial score (nSPS) is 18.3. The lowest BCUT2D eigenvalue weighted by molar-refractivity contribution is -0.143. The highest BCUT2D eigenvalue weighted by Gasteiger charge is 2.38. The van der Waals surface area contributed by atoms with Crippen molar-refractivity contribution in [3.63, 3.8) is 0 Å². The maximum Gasteiger partial charge on any atom is 0.331 e. The zero-order valence-corrected chi connectivity index (χ0v) is 13.7. The molecule has 0 saturated carbocycles.